The molecule has 1 saturated heterocycles. The third-order valence-electron chi connectivity index (χ3n) is 6.47. The molecule has 3 heterocycles. The van der Waals surface area contributed by atoms with Crippen molar-refractivity contribution in [1.29, 1.82) is 0 Å². The van der Waals surface area contributed by atoms with Crippen molar-refractivity contribution in [2.45, 2.75) is 38.0 Å². The summed E-state index contributed by atoms with van der Waals surface area (Å²) in [6.07, 6.45) is 2.57. The molecule has 0 bridgehead atoms. The average molecular weight is 393 g/mol. The summed E-state index contributed by atoms with van der Waals surface area (Å²) >= 11 is 0. The Bertz CT molecular complexity index is 950. The van der Waals surface area contributed by atoms with Crippen molar-refractivity contribution < 1.29 is 14.6 Å². The summed E-state index contributed by atoms with van der Waals surface area (Å²) in [6.45, 7) is 5.23. The standard InChI is InChI=1S/C23H27N3O3/c1-3-25-12-10-23(11-13-25)26-20(18-8-5-9-21(28-2)22(18)29-23)15-19(24-26)16-6-4-7-17(27)14-16/h4-9,14,20,27H,3,10-13,15H2,1-2H3. The van der Waals surface area contributed by atoms with Gasteiger partial charge in [-0.05, 0) is 24.7 Å². The zero-order chi connectivity index (χ0) is 20.0. The normalized spacial score (nSPS) is 22.6. The van der Waals surface area contributed by atoms with Gasteiger partial charge in [0.15, 0.2) is 11.5 Å². The van der Waals surface area contributed by atoms with Crippen LogP contribution in [0.2, 0.25) is 0 Å². The molecule has 5 rings (SSSR count). The number of fused-ring (bicyclic) bond motifs is 4. The molecule has 1 fully saturated rings. The minimum absolute atomic E-state index is 0.111. The molecule has 2 aromatic carbocycles. The molecule has 0 aliphatic carbocycles. The lowest BCUT2D eigenvalue weighted by Crippen LogP contribution is -2.59. The van der Waals surface area contributed by atoms with Crippen LogP contribution < -0.4 is 9.47 Å². The number of hydrogen-bond donors (Lipinski definition) is 1. The maximum absolute atomic E-state index is 9.94. The smallest absolute Gasteiger partial charge is 0.200 e. The number of benzene rings is 2. The third-order valence-corrected chi connectivity index (χ3v) is 6.47. The predicted molar refractivity (Wildman–Crippen MR) is 112 cm³/mol. The van der Waals surface area contributed by atoms with Gasteiger partial charge < -0.3 is 19.5 Å². The van der Waals surface area contributed by atoms with E-state index >= 15 is 0 Å². The monoisotopic (exact) mass is 393 g/mol. The van der Waals surface area contributed by atoms with E-state index in [-0.39, 0.29) is 11.8 Å². The van der Waals surface area contributed by atoms with E-state index in [0.717, 1.165) is 67.2 Å². The van der Waals surface area contributed by atoms with E-state index in [2.05, 4.69) is 22.9 Å². The lowest BCUT2D eigenvalue weighted by molar-refractivity contribution is -0.150. The highest BCUT2D eigenvalue weighted by Crippen LogP contribution is 2.52. The zero-order valence-corrected chi connectivity index (χ0v) is 17.0. The van der Waals surface area contributed by atoms with E-state index in [1.54, 1.807) is 19.2 Å². The van der Waals surface area contributed by atoms with Crippen LogP contribution in [0.5, 0.6) is 17.2 Å². The predicted octanol–water partition coefficient (Wildman–Crippen LogP) is 3.76. The Labute approximate surface area is 171 Å². The second kappa shape index (κ2) is 6.95. The fraction of sp³-hybridized carbons (Fsp3) is 0.435. The Hall–Kier alpha value is -2.73. The molecule has 0 aromatic heterocycles. The van der Waals surface area contributed by atoms with Gasteiger partial charge >= 0.3 is 0 Å². The van der Waals surface area contributed by atoms with Gasteiger partial charge in [-0.3, -0.25) is 0 Å². The first-order valence-corrected chi connectivity index (χ1v) is 10.4. The molecular formula is C23H27N3O3. The molecule has 3 aliphatic heterocycles. The minimum Gasteiger partial charge on any atom is -0.508 e. The van der Waals surface area contributed by atoms with Crippen LogP contribution in [0.4, 0.5) is 0 Å². The van der Waals surface area contributed by atoms with Gasteiger partial charge in [0.25, 0.3) is 0 Å². The molecule has 3 aliphatic rings. The molecule has 1 spiro atoms. The zero-order valence-electron chi connectivity index (χ0n) is 17.0. The Balaban J connectivity index is 1.59. The van der Waals surface area contributed by atoms with Crippen LogP contribution in [-0.2, 0) is 0 Å². The molecule has 1 unspecified atom stereocenters. The van der Waals surface area contributed by atoms with Crippen molar-refractivity contribution in [1.82, 2.24) is 9.91 Å². The molecule has 6 heteroatoms. The van der Waals surface area contributed by atoms with Gasteiger partial charge in [-0.2, -0.15) is 5.10 Å². The van der Waals surface area contributed by atoms with Gasteiger partial charge in [-0.25, -0.2) is 5.01 Å². The quantitative estimate of drug-likeness (QED) is 0.861. The number of para-hydroxylation sites is 1. The largest absolute Gasteiger partial charge is 0.508 e. The number of rotatable bonds is 3. The SMILES string of the molecule is CCN1CCC2(CC1)Oc1c(OC)cccc1C1CC(c3cccc(O)c3)=NN12. The van der Waals surface area contributed by atoms with Gasteiger partial charge in [0.05, 0.1) is 18.9 Å². The van der Waals surface area contributed by atoms with Crippen molar-refractivity contribution >= 4 is 5.71 Å². The summed E-state index contributed by atoms with van der Waals surface area (Å²) in [6, 6.07) is 13.6. The summed E-state index contributed by atoms with van der Waals surface area (Å²) in [5.74, 6) is 1.90. The number of likely N-dealkylation sites (tertiary alicyclic amines) is 1. The Morgan fingerprint density at radius 1 is 1.21 bits per heavy atom. The third kappa shape index (κ3) is 2.94. The first kappa shape index (κ1) is 18.3. The molecular weight excluding hydrogens is 366 g/mol. The summed E-state index contributed by atoms with van der Waals surface area (Å²) in [5, 5.41) is 17.2. The molecule has 0 saturated carbocycles. The number of hydrazone groups is 1. The van der Waals surface area contributed by atoms with Crippen LogP contribution in [0.3, 0.4) is 0 Å². The van der Waals surface area contributed by atoms with Gasteiger partial charge in [0.2, 0.25) is 5.72 Å². The fourth-order valence-corrected chi connectivity index (χ4v) is 4.84. The minimum atomic E-state index is -0.462. The number of ether oxygens (including phenoxy) is 2. The summed E-state index contributed by atoms with van der Waals surface area (Å²) in [4.78, 5) is 2.46. The van der Waals surface area contributed by atoms with Gasteiger partial charge in [-0.1, -0.05) is 31.2 Å². The highest BCUT2D eigenvalue weighted by molar-refractivity contribution is 6.02. The number of phenols is 1. The first-order chi connectivity index (χ1) is 14.1. The number of aromatic hydroxyl groups is 1. The molecule has 0 radical (unpaired) electrons. The second-order valence-corrected chi connectivity index (χ2v) is 8.02. The van der Waals surface area contributed by atoms with Crippen LogP contribution in [0, 0.1) is 0 Å². The van der Waals surface area contributed by atoms with Gasteiger partial charge in [0, 0.05) is 43.5 Å². The van der Waals surface area contributed by atoms with Crippen molar-refractivity contribution in [2.24, 2.45) is 5.10 Å². The van der Waals surface area contributed by atoms with E-state index in [1.165, 1.54) is 0 Å². The first-order valence-electron chi connectivity index (χ1n) is 10.4. The molecule has 1 N–H and O–H groups in total. The van der Waals surface area contributed by atoms with Crippen LogP contribution in [0.15, 0.2) is 47.6 Å². The Morgan fingerprint density at radius 2 is 2.00 bits per heavy atom. The summed E-state index contributed by atoms with van der Waals surface area (Å²) in [5.41, 5.74) is 2.61. The van der Waals surface area contributed by atoms with Crippen molar-refractivity contribution in [3.05, 3.63) is 53.6 Å². The van der Waals surface area contributed by atoms with Crippen molar-refractivity contribution in [2.75, 3.05) is 26.7 Å². The average Bonchev–Trinajstić information content (AvgIpc) is 3.21. The fourth-order valence-electron chi connectivity index (χ4n) is 4.84. The topological polar surface area (TPSA) is 57.5 Å². The van der Waals surface area contributed by atoms with Gasteiger partial charge in [-0.15, -0.1) is 0 Å². The van der Waals surface area contributed by atoms with Crippen LogP contribution in [-0.4, -0.2) is 53.2 Å². The van der Waals surface area contributed by atoms with Crippen molar-refractivity contribution in [3.8, 4) is 17.2 Å². The lowest BCUT2D eigenvalue weighted by Gasteiger charge is -2.51. The molecule has 152 valence electrons. The number of methoxy groups -OCH3 is 1. The second-order valence-electron chi connectivity index (χ2n) is 8.02. The van der Waals surface area contributed by atoms with E-state index in [0.29, 0.717) is 0 Å². The summed E-state index contributed by atoms with van der Waals surface area (Å²) < 4.78 is 12.4. The molecule has 1 atom stereocenters. The van der Waals surface area contributed by atoms with Crippen LogP contribution in [0.1, 0.15) is 43.4 Å². The Kier molecular flexibility index (Phi) is 4.39. The lowest BCUT2D eigenvalue weighted by atomic mass is 9.90. The molecule has 0 amide bonds. The highest BCUT2D eigenvalue weighted by atomic mass is 16.5. The number of phenolic OH excluding ortho intramolecular Hbond substituents is 1. The maximum atomic E-state index is 9.94. The highest BCUT2D eigenvalue weighted by Gasteiger charge is 2.52. The molecule has 29 heavy (non-hydrogen) atoms. The van der Waals surface area contributed by atoms with Gasteiger partial charge in [0.1, 0.15) is 5.75 Å². The maximum Gasteiger partial charge on any atom is 0.200 e. The van der Waals surface area contributed by atoms with Crippen LogP contribution in [0.25, 0.3) is 0 Å². The number of hydrogen-bond acceptors (Lipinski definition) is 6. The molecule has 2 aromatic rings. The van der Waals surface area contributed by atoms with Crippen molar-refractivity contribution in [3.63, 3.8) is 0 Å². The van der Waals surface area contributed by atoms with E-state index in [9.17, 15) is 5.11 Å². The number of piperidine rings is 1. The van der Waals surface area contributed by atoms with Crippen LogP contribution >= 0.6 is 0 Å². The Morgan fingerprint density at radius 3 is 2.72 bits per heavy atom. The van der Waals surface area contributed by atoms with E-state index < -0.39 is 5.72 Å². The van der Waals surface area contributed by atoms with E-state index in [4.69, 9.17) is 14.6 Å². The van der Waals surface area contributed by atoms with E-state index in [1.807, 2.05) is 24.3 Å². The molecule has 6 nitrogen and oxygen atoms in total. The number of nitrogens with zero attached hydrogens (tertiary/aromatic N) is 3. The summed E-state index contributed by atoms with van der Waals surface area (Å²) in [7, 11) is 1.70.